The maximum Gasteiger partial charge on any atom is 0.305 e. The minimum absolute atomic E-state index is 0.0563. The third-order valence-electron chi connectivity index (χ3n) is 6.67. The maximum absolute atomic E-state index is 14.6. The minimum atomic E-state index is -0.672. The molecule has 1 aliphatic rings. The molecule has 8 heteroatoms. The van der Waals surface area contributed by atoms with Crippen molar-refractivity contribution in [1.29, 1.82) is 0 Å². The number of benzene rings is 3. The smallest absolute Gasteiger partial charge is 0.305 e. The Morgan fingerprint density at radius 1 is 0.865 bits per heavy atom. The molecule has 0 spiro atoms. The molecule has 0 bridgehead atoms. The third kappa shape index (κ3) is 7.06. The summed E-state index contributed by atoms with van der Waals surface area (Å²) < 4.78 is 25.3. The van der Waals surface area contributed by atoms with E-state index in [0.29, 0.717) is 17.7 Å². The number of carbonyl (C=O) groups excluding carboxylic acids is 3. The van der Waals surface area contributed by atoms with Crippen LogP contribution in [0.15, 0.2) is 60.7 Å². The second-order valence-electron chi connectivity index (χ2n) is 9.26. The van der Waals surface area contributed by atoms with Gasteiger partial charge in [0, 0.05) is 31.1 Å². The van der Waals surface area contributed by atoms with Crippen LogP contribution in [0.4, 0.5) is 4.39 Å². The molecule has 0 unspecified atom stereocenters. The number of methoxy groups -OCH3 is 1. The largest absolute Gasteiger partial charge is 0.490 e. The lowest BCUT2D eigenvalue weighted by Gasteiger charge is -2.28. The summed E-state index contributed by atoms with van der Waals surface area (Å²) in [6.45, 7) is 0.365. The van der Waals surface area contributed by atoms with Gasteiger partial charge in [0.2, 0.25) is 0 Å². The maximum atomic E-state index is 14.6. The summed E-state index contributed by atoms with van der Waals surface area (Å²) in [7, 11) is 1.39. The first-order valence-electron chi connectivity index (χ1n) is 12.5. The lowest BCUT2D eigenvalue weighted by atomic mass is 9.85. The second-order valence-corrected chi connectivity index (χ2v) is 9.26. The predicted molar refractivity (Wildman–Crippen MR) is 138 cm³/mol. The number of rotatable bonds is 9. The number of ether oxygens (including phenoxy) is 2. The van der Waals surface area contributed by atoms with Crippen LogP contribution in [0.3, 0.4) is 0 Å². The lowest BCUT2D eigenvalue weighted by Crippen LogP contribution is -2.35. The number of esters is 1. The van der Waals surface area contributed by atoms with Crippen molar-refractivity contribution in [3.63, 3.8) is 0 Å². The molecule has 7 nitrogen and oxygen atoms in total. The zero-order valence-electron chi connectivity index (χ0n) is 20.8. The van der Waals surface area contributed by atoms with Crippen molar-refractivity contribution in [3.05, 3.63) is 77.6 Å². The fourth-order valence-corrected chi connectivity index (χ4v) is 4.60. The minimum Gasteiger partial charge on any atom is -0.490 e. The predicted octanol–water partition coefficient (Wildman–Crippen LogP) is 4.64. The van der Waals surface area contributed by atoms with Crippen LogP contribution < -0.4 is 15.4 Å². The van der Waals surface area contributed by atoms with Crippen molar-refractivity contribution in [2.75, 3.05) is 20.2 Å². The molecule has 0 heterocycles. The zero-order chi connectivity index (χ0) is 26.2. The van der Waals surface area contributed by atoms with E-state index in [1.165, 1.54) is 19.2 Å². The summed E-state index contributed by atoms with van der Waals surface area (Å²) in [6, 6.07) is 17.4. The van der Waals surface area contributed by atoms with Crippen LogP contribution in [0.5, 0.6) is 5.75 Å². The Morgan fingerprint density at radius 3 is 2.27 bits per heavy atom. The Hall–Kier alpha value is -3.94. The number of fused-ring (bicyclic) bond motifs is 1. The number of carbonyl (C=O) groups is 3. The topological polar surface area (TPSA) is 93.7 Å². The van der Waals surface area contributed by atoms with Crippen LogP contribution in [0.25, 0.3) is 10.8 Å². The van der Waals surface area contributed by atoms with Gasteiger partial charge in [0.25, 0.3) is 11.8 Å². The van der Waals surface area contributed by atoms with Crippen LogP contribution in [-0.2, 0) is 9.53 Å². The first-order chi connectivity index (χ1) is 17.9. The number of nitrogens with one attached hydrogen (secondary N) is 2. The molecule has 0 saturated heterocycles. The van der Waals surface area contributed by atoms with Crippen molar-refractivity contribution in [2.24, 2.45) is 5.92 Å². The second kappa shape index (κ2) is 12.3. The zero-order valence-corrected chi connectivity index (χ0v) is 20.8. The monoisotopic (exact) mass is 506 g/mol. The van der Waals surface area contributed by atoms with Gasteiger partial charge in [-0.3, -0.25) is 14.4 Å². The summed E-state index contributed by atoms with van der Waals surface area (Å²) in [5.41, 5.74) is 0.443. The van der Waals surface area contributed by atoms with Crippen molar-refractivity contribution in [3.8, 4) is 5.75 Å². The van der Waals surface area contributed by atoms with E-state index in [4.69, 9.17) is 9.47 Å². The summed E-state index contributed by atoms with van der Waals surface area (Å²) >= 11 is 0. The average molecular weight is 507 g/mol. The highest BCUT2D eigenvalue weighted by molar-refractivity contribution is 5.98. The molecule has 1 fully saturated rings. The third-order valence-corrected chi connectivity index (χ3v) is 6.67. The van der Waals surface area contributed by atoms with Gasteiger partial charge in [-0.05, 0) is 66.6 Å². The molecular weight excluding hydrogens is 475 g/mol. The Balaban J connectivity index is 1.21. The molecule has 3 aromatic carbocycles. The molecule has 3 aromatic rings. The Bertz CT molecular complexity index is 1270. The van der Waals surface area contributed by atoms with Gasteiger partial charge >= 0.3 is 5.97 Å². The first kappa shape index (κ1) is 26.1. The van der Waals surface area contributed by atoms with Gasteiger partial charge in [-0.1, -0.05) is 30.3 Å². The van der Waals surface area contributed by atoms with Gasteiger partial charge in [0.15, 0.2) is 0 Å². The number of hydrogen-bond donors (Lipinski definition) is 2. The molecule has 1 saturated carbocycles. The molecule has 2 amide bonds. The quantitative estimate of drug-likeness (QED) is 0.326. The molecule has 0 aromatic heterocycles. The van der Waals surface area contributed by atoms with Crippen LogP contribution in [-0.4, -0.2) is 44.1 Å². The summed E-state index contributed by atoms with van der Waals surface area (Å²) in [4.78, 5) is 36.3. The average Bonchev–Trinajstić information content (AvgIpc) is 2.91. The fourth-order valence-electron chi connectivity index (χ4n) is 4.60. The molecule has 0 aliphatic heterocycles. The van der Waals surface area contributed by atoms with E-state index < -0.39 is 11.7 Å². The summed E-state index contributed by atoms with van der Waals surface area (Å²) in [5, 5.41) is 7.41. The number of halogens is 1. The van der Waals surface area contributed by atoms with Crippen molar-refractivity contribution >= 4 is 28.6 Å². The number of hydrogen-bond acceptors (Lipinski definition) is 5. The van der Waals surface area contributed by atoms with Gasteiger partial charge < -0.3 is 20.1 Å². The molecule has 2 N–H and O–H groups in total. The fraction of sp³-hybridized carbons (Fsp3) is 0.345. The highest BCUT2D eigenvalue weighted by Gasteiger charge is 2.25. The lowest BCUT2D eigenvalue weighted by molar-refractivity contribution is -0.142. The van der Waals surface area contributed by atoms with E-state index in [1.807, 2.05) is 36.4 Å². The van der Waals surface area contributed by atoms with Crippen LogP contribution in [0.2, 0.25) is 0 Å². The molecule has 194 valence electrons. The Morgan fingerprint density at radius 2 is 1.57 bits per heavy atom. The highest BCUT2D eigenvalue weighted by Crippen LogP contribution is 2.30. The standard InChI is InChI=1S/C29H31FN2O5/c1-36-27(33)16-19-6-10-23(11-7-19)37-24-12-13-25(26(30)18-24)29(35)32-15-14-31-28(34)22-9-8-20-4-2-3-5-21(20)17-22/h2-5,8-9,12-13,17-19,23H,6-7,10-11,14-16H2,1H3,(H,31,34)(H,32,35)/t19-,23+. The summed E-state index contributed by atoms with van der Waals surface area (Å²) in [6.07, 6.45) is 3.60. The highest BCUT2D eigenvalue weighted by atomic mass is 19.1. The van der Waals surface area contributed by atoms with E-state index in [0.717, 1.165) is 36.5 Å². The molecule has 4 rings (SSSR count). The van der Waals surface area contributed by atoms with Gasteiger partial charge in [-0.2, -0.15) is 0 Å². The molecule has 37 heavy (non-hydrogen) atoms. The molecular formula is C29H31FN2O5. The van der Waals surface area contributed by atoms with Crippen molar-refractivity contribution in [1.82, 2.24) is 10.6 Å². The van der Waals surface area contributed by atoms with E-state index in [9.17, 15) is 18.8 Å². The molecule has 1 aliphatic carbocycles. The normalized spacial score (nSPS) is 17.1. The van der Waals surface area contributed by atoms with Gasteiger partial charge in [0.1, 0.15) is 11.6 Å². The van der Waals surface area contributed by atoms with Gasteiger partial charge in [0.05, 0.1) is 18.8 Å². The van der Waals surface area contributed by atoms with Crippen molar-refractivity contribution in [2.45, 2.75) is 38.2 Å². The first-order valence-corrected chi connectivity index (χ1v) is 12.5. The van der Waals surface area contributed by atoms with Gasteiger partial charge in [-0.15, -0.1) is 0 Å². The van der Waals surface area contributed by atoms with E-state index in [1.54, 1.807) is 12.1 Å². The summed E-state index contributed by atoms with van der Waals surface area (Å²) in [5.74, 6) is -1.03. The van der Waals surface area contributed by atoms with E-state index in [-0.39, 0.29) is 42.6 Å². The Labute approximate surface area is 215 Å². The SMILES string of the molecule is COC(=O)C[C@H]1CC[C@@H](Oc2ccc(C(=O)NCCNC(=O)c3ccc4ccccc4c3)c(F)c2)CC1. The van der Waals surface area contributed by atoms with Crippen LogP contribution in [0.1, 0.15) is 52.8 Å². The van der Waals surface area contributed by atoms with Crippen LogP contribution in [0, 0.1) is 11.7 Å². The van der Waals surface area contributed by atoms with E-state index in [2.05, 4.69) is 10.6 Å². The van der Waals surface area contributed by atoms with Crippen LogP contribution >= 0.6 is 0 Å². The molecule has 0 radical (unpaired) electrons. The van der Waals surface area contributed by atoms with Gasteiger partial charge in [-0.25, -0.2) is 4.39 Å². The Kier molecular flexibility index (Phi) is 8.72. The molecule has 0 atom stereocenters. The van der Waals surface area contributed by atoms with E-state index >= 15 is 0 Å². The number of amides is 2. The van der Waals surface area contributed by atoms with Crippen molar-refractivity contribution < 1.29 is 28.2 Å².